The maximum Gasteiger partial charge on any atom is 0.413 e. The molecule has 66 valence electrons. The van der Waals surface area contributed by atoms with Gasteiger partial charge in [-0.2, -0.15) is 0 Å². The molecule has 0 bridgehead atoms. The Balaban J connectivity index is 2.63. The summed E-state index contributed by atoms with van der Waals surface area (Å²) in [5.41, 5.74) is 0.910. The number of hydrogen-bond donors (Lipinski definition) is 0. The van der Waals surface area contributed by atoms with E-state index in [1.54, 1.807) is 7.05 Å². The average Bonchev–Trinajstić information content (AvgIpc) is 2.17. The highest BCUT2D eigenvalue weighted by molar-refractivity contribution is 5.70. The van der Waals surface area contributed by atoms with Crippen LogP contribution in [0.3, 0.4) is 0 Å². The first-order chi connectivity index (χ1) is 5.75. The van der Waals surface area contributed by atoms with E-state index in [1.165, 1.54) is 12.0 Å². The zero-order valence-electron chi connectivity index (χ0n) is 7.41. The fourth-order valence-corrected chi connectivity index (χ4v) is 1.09. The van der Waals surface area contributed by atoms with E-state index in [2.05, 4.69) is 10.8 Å². The maximum atomic E-state index is 11.0. The number of carbonyl (C=O) groups is 1. The molecule has 3 nitrogen and oxygen atoms in total. The van der Waals surface area contributed by atoms with E-state index < -0.39 is 0 Å². The van der Waals surface area contributed by atoms with Gasteiger partial charge in [0, 0.05) is 12.7 Å². The van der Waals surface area contributed by atoms with Gasteiger partial charge in [-0.1, -0.05) is 12.2 Å². The third-order valence-electron chi connectivity index (χ3n) is 1.81. The van der Waals surface area contributed by atoms with Crippen molar-refractivity contribution in [2.24, 2.45) is 0 Å². The van der Waals surface area contributed by atoms with Gasteiger partial charge in [0.1, 0.15) is 0 Å². The smallest absolute Gasteiger partial charge is 0.413 e. The van der Waals surface area contributed by atoms with E-state index in [0.717, 1.165) is 18.5 Å². The van der Waals surface area contributed by atoms with Crippen molar-refractivity contribution < 1.29 is 9.53 Å². The Hall–Kier alpha value is -1.25. The van der Waals surface area contributed by atoms with Gasteiger partial charge in [0.05, 0.1) is 7.11 Å². The second-order valence-electron chi connectivity index (χ2n) is 2.64. The molecule has 1 amide bonds. The highest BCUT2D eigenvalue weighted by atomic mass is 16.5. The van der Waals surface area contributed by atoms with Gasteiger partial charge in [0.15, 0.2) is 0 Å². The molecule has 0 unspecified atom stereocenters. The maximum absolute atomic E-state index is 11.0. The van der Waals surface area contributed by atoms with Gasteiger partial charge in [0.2, 0.25) is 0 Å². The van der Waals surface area contributed by atoms with Gasteiger partial charge < -0.3 is 4.74 Å². The van der Waals surface area contributed by atoms with Crippen molar-refractivity contribution >= 4 is 6.09 Å². The van der Waals surface area contributed by atoms with Gasteiger partial charge in [-0.15, -0.1) is 0 Å². The average molecular weight is 167 g/mol. The van der Waals surface area contributed by atoms with E-state index in [1.807, 2.05) is 12.2 Å². The third-order valence-corrected chi connectivity index (χ3v) is 1.81. The Labute approximate surface area is 72.3 Å². The Bertz CT molecular complexity index is 231. The quantitative estimate of drug-likeness (QED) is 0.597. The van der Waals surface area contributed by atoms with Crippen LogP contribution in [0.2, 0.25) is 0 Å². The van der Waals surface area contributed by atoms with E-state index in [4.69, 9.17) is 0 Å². The third kappa shape index (κ3) is 1.87. The Kier molecular flexibility index (Phi) is 2.91. The predicted molar refractivity (Wildman–Crippen MR) is 46.6 cm³/mol. The standard InChI is InChI=1S/C9H13NO2/c1-10(9(11)12-2)8-6-4-3-5-7-8/h4,6-7H,3,5H2,1-2H3. The topological polar surface area (TPSA) is 29.5 Å². The summed E-state index contributed by atoms with van der Waals surface area (Å²) in [5, 5.41) is 0. The number of rotatable bonds is 1. The minimum absolute atomic E-state index is 0.326. The summed E-state index contributed by atoms with van der Waals surface area (Å²) in [5.74, 6) is 0. The number of nitrogens with zero attached hydrogens (tertiary/aromatic N) is 1. The van der Waals surface area contributed by atoms with Crippen molar-refractivity contribution in [1.29, 1.82) is 0 Å². The summed E-state index contributed by atoms with van der Waals surface area (Å²) in [7, 11) is 3.08. The number of likely N-dealkylation sites (N-methyl/N-ethyl adjacent to an activating group) is 1. The molecule has 0 fully saturated rings. The first-order valence-electron chi connectivity index (χ1n) is 3.94. The molecule has 0 atom stereocenters. The molecule has 0 N–H and O–H groups in total. The van der Waals surface area contributed by atoms with E-state index in [9.17, 15) is 4.79 Å². The highest BCUT2D eigenvalue weighted by Gasteiger charge is 2.11. The molecule has 1 rings (SSSR count). The van der Waals surface area contributed by atoms with Gasteiger partial charge in [-0.3, -0.25) is 4.90 Å². The number of carbonyl (C=O) groups excluding carboxylic acids is 1. The minimum Gasteiger partial charge on any atom is -0.452 e. The van der Waals surface area contributed by atoms with Crippen molar-refractivity contribution in [3.05, 3.63) is 23.9 Å². The molecule has 12 heavy (non-hydrogen) atoms. The van der Waals surface area contributed by atoms with Crippen LogP contribution in [0.25, 0.3) is 0 Å². The molecule has 0 spiro atoms. The van der Waals surface area contributed by atoms with Crippen molar-refractivity contribution in [2.75, 3.05) is 14.2 Å². The lowest BCUT2D eigenvalue weighted by molar-refractivity contribution is 0.144. The monoisotopic (exact) mass is 167 g/mol. The van der Waals surface area contributed by atoms with Crippen LogP contribution in [0.4, 0.5) is 4.79 Å². The molecule has 0 aromatic carbocycles. The van der Waals surface area contributed by atoms with E-state index >= 15 is 0 Å². The summed E-state index contributed by atoms with van der Waals surface area (Å²) < 4.78 is 4.58. The minimum atomic E-state index is -0.326. The molecule has 3 heteroatoms. The molecule has 0 radical (unpaired) electrons. The molecule has 0 saturated carbocycles. The molecule has 0 aromatic rings. The number of ether oxygens (including phenoxy) is 1. The number of methoxy groups -OCH3 is 1. The van der Waals surface area contributed by atoms with Crippen LogP contribution in [-0.4, -0.2) is 25.2 Å². The van der Waals surface area contributed by atoms with E-state index in [0.29, 0.717) is 0 Å². The van der Waals surface area contributed by atoms with Gasteiger partial charge in [0.25, 0.3) is 0 Å². The summed E-state index contributed by atoms with van der Waals surface area (Å²) >= 11 is 0. The summed E-state index contributed by atoms with van der Waals surface area (Å²) in [6, 6.07) is 0. The Morgan fingerprint density at radius 2 is 2.33 bits per heavy atom. The normalized spacial score (nSPS) is 15.3. The van der Waals surface area contributed by atoms with Crippen LogP contribution in [-0.2, 0) is 4.74 Å². The molecule has 0 aliphatic heterocycles. The van der Waals surface area contributed by atoms with Gasteiger partial charge in [-0.05, 0) is 18.9 Å². The SMILES string of the molecule is COC(=O)N(C)C1=CCCC=C1. The van der Waals surface area contributed by atoms with Crippen LogP contribution in [0.15, 0.2) is 23.9 Å². The Morgan fingerprint density at radius 3 is 2.83 bits per heavy atom. The van der Waals surface area contributed by atoms with Crippen LogP contribution in [0, 0.1) is 0 Å². The number of amides is 1. The van der Waals surface area contributed by atoms with Crippen molar-refractivity contribution in [1.82, 2.24) is 4.90 Å². The summed E-state index contributed by atoms with van der Waals surface area (Å²) in [4.78, 5) is 12.5. The molecule has 1 aliphatic carbocycles. The predicted octanol–water partition coefficient (Wildman–Crippen LogP) is 1.92. The van der Waals surface area contributed by atoms with Gasteiger partial charge >= 0.3 is 6.09 Å². The fourth-order valence-electron chi connectivity index (χ4n) is 1.09. The summed E-state index contributed by atoms with van der Waals surface area (Å²) in [6.45, 7) is 0. The van der Waals surface area contributed by atoms with Crippen LogP contribution >= 0.6 is 0 Å². The number of allylic oxidation sites excluding steroid dienone is 3. The molecule has 1 aliphatic rings. The molecular weight excluding hydrogens is 154 g/mol. The lowest BCUT2D eigenvalue weighted by atomic mass is 10.1. The van der Waals surface area contributed by atoms with Crippen molar-refractivity contribution in [3.63, 3.8) is 0 Å². The fraction of sp³-hybridized carbons (Fsp3) is 0.444. The largest absolute Gasteiger partial charge is 0.452 e. The Morgan fingerprint density at radius 1 is 1.58 bits per heavy atom. The molecular formula is C9H13NO2. The van der Waals surface area contributed by atoms with Crippen LogP contribution < -0.4 is 0 Å². The number of hydrogen-bond acceptors (Lipinski definition) is 2. The second-order valence-corrected chi connectivity index (χ2v) is 2.64. The highest BCUT2D eigenvalue weighted by Crippen LogP contribution is 2.13. The van der Waals surface area contributed by atoms with Gasteiger partial charge in [-0.25, -0.2) is 4.79 Å². The van der Waals surface area contributed by atoms with Crippen LogP contribution in [0.5, 0.6) is 0 Å². The second kappa shape index (κ2) is 3.95. The molecule has 0 aromatic heterocycles. The lowest BCUT2D eigenvalue weighted by Crippen LogP contribution is -2.25. The molecule has 0 saturated heterocycles. The first-order valence-corrected chi connectivity index (χ1v) is 3.94. The van der Waals surface area contributed by atoms with Crippen LogP contribution in [0.1, 0.15) is 12.8 Å². The zero-order valence-corrected chi connectivity index (χ0v) is 7.41. The summed E-state index contributed by atoms with van der Waals surface area (Å²) in [6.07, 6.45) is 7.73. The van der Waals surface area contributed by atoms with Crippen molar-refractivity contribution in [3.8, 4) is 0 Å². The van der Waals surface area contributed by atoms with E-state index in [-0.39, 0.29) is 6.09 Å². The zero-order chi connectivity index (χ0) is 8.97. The van der Waals surface area contributed by atoms with Crippen molar-refractivity contribution in [2.45, 2.75) is 12.8 Å². The lowest BCUT2D eigenvalue weighted by Gasteiger charge is -2.18. The molecule has 0 heterocycles. The first kappa shape index (κ1) is 8.84.